The molecule has 5 fully saturated rings. The van der Waals surface area contributed by atoms with Gasteiger partial charge in [0, 0.05) is 82.6 Å². The summed E-state index contributed by atoms with van der Waals surface area (Å²) in [5, 5.41) is 14.4. The van der Waals surface area contributed by atoms with Crippen molar-refractivity contribution in [2.24, 2.45) is 30.7 Å². The number of rotatable bonds is 11. The summed E-state index contributed by atoms with van der Waals surface area (Å²) >= 11 is 0. The summed E-state index contributed by atoms with van der Waals surface area (Å²) in [4.78, 5) is 55.6. The molecule has 5 aliphatic rings. The number of piperazine rings is 1. The van der Waals surface area contributed by atoms with Crippen molar-refractivity contribution in [3.05, 3.63) is 24.2 Å². The van der Waals surface area contributed by atoms with Crippen LogP contribution < -0.4 is 16.0 Å². The molecule has 0 radical (unpaired) electrons. The van der Waals surface area contributed by atoms with Gasteiger partial charge in [-0.2, -0.15) is 10.1 Å². The van der Waals surface area contributed by atoms with E-state index in [9.17, 15) is 14.4 Å². The molecule has 2 amide bonds. The highest BCUT2D eigenvalue weighted by atomic mass is 16.5. The highest BCUT2D eigenvalue weighted by molar-refractivity contribution is 5.94. The van der Waals surface area contributed by atoms with E-state index >= 15 is 0 Å². The number of nitrogens with one attached hydrogen (secondary N) is 3. The Hall–Kier alpha value is -3.78. The Morgan fingerprint density at radius 1 is 0.796 bits per heavy atom. The van der Waals surface area contributed by atoms with Crippen molar-refractivity contribution in [3.63, 3.8) is 0 Å². The molecule has 0 bridgehead atoms. The second kappa shape index (κ2) is 18.2. The molecule has 0 spiro atoms. The van der Waals surface area contributed by atoms with Gasteiger partial charge in [0.15, 0.2) is 0 Å². The van der Waals surface area contributed by atoms with Crippen molar-refractivity contribution in [1.82, 2.24) is 39.8 Å². The van der Waals surface area contributed by atoms with Gasteiger partial charge in [-0.1, -0.05) is 0 Å². The predicted octanol–water partition coefficient (Wildman–Crippen LogP) is 4.43. The number of carbonyl (C=O) groups excluding carboxylic acids is 3. The van der Waals surface area contributed by atoms with Crippen LogP contribution in [-0.2, 0) is 21.4 Å². The van der Waals surface area contributed by atoms with E-state index in [1.165, 1.54) is 25.5 Å². The van der Waals surface area contributed by atoms with Crippen LogP contribution in [0, 0.1) is 23.7 Å². The average molecular weight is 747 g/mol. The first-order valence-electron chi connectivity index (χ1n) is 20.9. The fourth-order valence-corrected chi connectivity index (χ4v) is 9.69. The molecule has 3 N–H and O–H groups in total. The number of esters is 1. The summed E-state index contributed by atoms with van der Waals surface area (Å²) in [6, 6.07) is 0.658. The maximum atomic E-state index is 13.6. The molecule has 2 aromatic rings. The van der Waals surface area contributed by atoms with Crippen molar-refractivity contribution in [1.29, 1.82) is 0 Å². The van der Waals surface area contributed by atoms with Crippen LogP contribution in [0.15, 0.2) is 18.6 Å². The summed E-state index contributed by atoms with van der Waals surface area (Å²) < 4.78 is 6.99. The number of carbonyl (C=O) groups is 3. The lowest BCUT2D eigenvalue weighted by atomic mass is 9.79. The van der Waals surface area contributed by atoms with Gasteiger partial charge in [-0.05, 0) is 115 Å². The van der Waals surface area contributed by atoms with Gasteiger partial charge in [-0.25, -0.2) is 9.78 Å². The standard InChI is InChI=1S/C40H62N10O4/c1-3-54-39(53)35-26-42-40(45-33-25-43-47(2)27-33)46-36(35)44-32-8-10-34(11-9-32)48-20-22-50(23-21-48)38(52)31-6-4-30(5-7-31)37(51)49-18-14-29(15-19-49)24-28-12-16-41-17-13-28/h25-32,34,41H,3-24H2,1-2H3,(H2,42,44,45,46). The van der Waals surface area contributed by atoms with Crippen LogP contribution in [0.25, 0.3) is 0 Å². The molecule has 0 unspecified atom stereocenters. The Labute approximate surface area is 320 Å². The van der Waals surface area contributed by atoms with Crippen LogP contribution in [0.3, 0.4) is 0 Å². The van der Waals surface area contributed by atoms with E-state index < -0.39 is 5.97 Å². The maximum Gasteiger partial charge on any atom is 0.343 e. The fraction of sp³-hybridized carbons (Fsp3) is 0.750. The van der Waals surface area contributed by atoms with Crippen LogP contribution in [0.2, 0.25) is 0 Å². The smallest absolute Gasteiger partial charge is 0.343 e. The lowest BCUT2D eigenvalue weighted by Gasteiger charge is -2.43. The van der Waals surface area contributed by atoms with Crippen molar-refractivity contribution in [2.75, 3.05) is 69.6 Å². The molecule has 2 saturated carbocycles. The lowest BCUT2D eigenvalue weighted by molar-refractivity contribution is -0.143. The van der Waals surface area contributed by atoms with E-state index in [0.29, 0.717) is 35.2 Å². The number of nitrogens with zero attached hydrogens (tertiary/aromatic N) is 7. The molecular formula is C40H62N10O4. The van der Waals surface area contributed by atoms with E-state index in [-0.39, 0.29) is 24.5 Å². The molecule has 14 heteroatoms. The minimum absolute atomic E-state index is 0.0548. The van der Waals surface area contributed by atoms with Crippen molar-refractivity contribution in [3.8, 4) is 0 Å². The van der Waals surface area contributed by atoms with Crippen LogP contribution in [0.5, 0.6) is 0 Å². The topological polar surface area (TPSA) is 150 Å². The quantitative estimate of drug-likeness (QED) is 0.281. The zero-order valence-electron chi connectivity index (χ0n) is 32.5. The number of hydrogen-bond acceptors (Lipinski definition) is 11. The highest BCUT2D eigenvalue weighted by Crippen LogP contribution is 2.35. The number of anilines is 3. The molecule has 2 aromatic heterocycles. The molecule has 0 atom stereocenters. The number of aryl methyl sites for hydroxylation is 1. The average Bonchev–Trinajstić information content (AvgIpc) is 3.62. The number of hydrogen-bond donors (Lipinski definition) is 3. The van der Waals surface area contributed by atoms with Gasteiger partial charge in [0.25, 0.3) is 0 Å². The Kier molecular flexibility index (Phi) is 13.0. The highest BCUT2D eigenvalue weighted by Gasteiger charge is 2.37. The Morgan fingerprint density at radius 3 is 2.04 bits per heavy atom. The monoisotopic (exact) mass is 746 g/mol. The molecule has 3 aliphatic heterocycles. The zero-order chi connectivity index (χ0) is 37.4. The van der Waals surface area contributed by atoms with Gasteiger partial charge in [-0.3, -0.25) is 19.2 Å². The maximum absolute atomic E-state index is 13.6. The second-order valence-electron chi connectivity index (χ2n) is 16.5. The molecule has 5 heterocycles. The predicted molar refractivity (Wildman–Crippen MR) is 207 cm³/mol. The van der Waals surface area contributed by atoms with Gasteiger partial charge in [0.05, 0.1) is 18.5 Å². The van der Waals surface area contributed by atoms with Crippen molar-refractivity contribution >= 4 is 35.2 Å². The summed E-state index contributed by atoms with van der Waals surface area (Å²) in [6.07, 6.45) is 18.7. The number of amides is 2. The molecule has 0 aromatic carbocycles. The number of ether oxygens (including phenoxy) is 1. The van der Waals surface area contributed by atoms with Gasteiger partial charge >= 0.3 is 5.97 Å². The number of aromatic nitrogens is 4. The van der Waals surface area contributed by atoms with Gasteiger partial charge in [0.1, 0.15) is 11.4 Å². The summed E-state index contributed by atoms with van der Waals surface area (Å²) in [5.41, 5.74) is 1.09. The third kappa shape index (κ3) is 9.71. The van der Waals surface area contributed by atoms with Crippen LogP contribution >= 0.6 is 0 Å². The second-order valence-corrected chi connectivity index (χ2v) is 16.5. The first kappa shape index (κ1) is 38.5. The molecule has 54 heavy (non-hydrogen) atoms. The molecule has 296 valence electrons. The SMILES string of the molecule is CCOC(=O)c1cnc(Nc2cnn(C)c2)nc1NC1CCC(N2CCN(C(=O)C3CCC(C(=O)N4CCC(CC5CCNCC5)CC4)CC3)CC2)CC1. The van der Waals surface area contributed by atoms with Crippen LogP contribution in [-0.4, -0.2) is 123 Å². The third-order valence-electron chi connectivity index (χ3n) is 12.9. The first-order chi connectivity index (χ1) is 26.3. The number of likely N-dealkylation sites (tertiary alicyclic amines) is 1. The Morgan fingerprint density at radius 2 is 1.43 bits per heavy atom. The zero-order valence-corrected chi connectivity index (χ0v) is 32.5. The minimum atomic E-state index is -0.441. The molecule has 14 nitrogen and oxygen atoms in total. The van der Waals surface area contributed by atoms with Gasteiger partial charge in [0.2, 0.25) is 17.8 Å². The van der Waals surface area contributed by atoms with Crippen LogP contribution in [0.1, 0.15) is 101 Å². The Balaban J connectivity index is 0.820. The van der Waals surface area contributed by atoms with Gasteiger partial charge in [-0.15, -0.1) is 0 Å². The van der Waals surface area contributed by atoms with Crippen molar-refractivity contribution < 1.29 is 19.1 Å². The molecule has 7 rings (SSSR count). The molecule has 2 aliphatic carbocycles. The summed E-state index contributed by atoms with van der Waals surface area (Å²) in [5.74, 6) is 2.85. The fourth-order valence-electron chi connectivity index (χ4n) is 9.69. The van der Waals surface area contributed by atoms with Gasteiger partial charge < -0.3 is 30.5 Å². The normalized spacial score (nSPS) is 26.3. The van der Waals surface area contributed by atoms with E-state index in [4.69, 9.17) is 4.74 Å². The van der Waals surface area contributed by atoms with E-state index in [1.54, 1.807) is 17.8 Å². The summed E-state index contributed by atoms with van der Waals surface area (Å²) in [7, 11) is 1.84. The minimum Gasteiger partial charge on any atom is -0.462 e. The largest absolute Gasteiger partial charge is 0.462 e. The van der Waals surface area contributed by atoms with E-state index in [1.807, 2.05) is 13.2 Å². The molecular weight excluding hydrogens is 685 g/mol. The third-order valence-corrected chi connectivity index (χ3v) is 12.9. The number of piperidine rings is 2. The molecule has 3 saturated heterocycles. The first-order valence-corrected chi connectivity index (χ1v) is 20.9. The van der Waals surface area contributed by atoms with Crippen LogP contribution in [0.4, 0.5) is 17.5 Å². The van der Waals surface area contributed by atoms with Crippen molar-refractivity contribution in [2.45, 2.75) is 102 Å². The van der Waals surface area contributed by atoms with E-state index in [2.05, 4.69) is 45.7 Å². The van der Waals surface area contributed by atoms with E-state index in [0.717, 1.165) is 134 Å². The lowest BCUT2D eigenvalue weighted by Crippen LogP contribution is -2.54. The summed E-state index contributed by atoms with van der Waals surface area (Å²) in [6.45, 7) is 9.57. The Bertz CT molecular complexity index is 1550.